The molecule has 0 unspecified atom stereocenters. The zero-order valence-electron chi connectivity index (χ0n) is 16.5. The van der Waals surface area contributed by atoms with Crippen LogP contribution < -0.4 is 16.0 Å². The molecule has 1 amide bonds. The van der Waals surface area contributed by atoms with Crippen molar-refractivity contribution >= 4 is 41.5 Å². The first-order chi connectivity index (χ1) is 13.0. The fraction of sp³-hybridized carbons (Fsp3) is 0.421. The molecule has 2 aromatic rings. The third-order valence-corrected chi connectivity index (χ3v) is 3.78. The van der Waals surface area contributed by atoms with Gasteiger partial charge in [-0.2, -0.15) is 5.10 Å². The lowest BCUT2D eigenvalue weighted by Crippen LogP contribution is -2.38. The number of rotatable bonds is 8. The Hall–Kier alpha value is -2.17. The average Bonchev–Trinajstić information content (AvgIpc) is 2.93. The Labute approximate surface area is 182 Å². The molecule has 0 radical (unpaired) electrons. The molecule has 154 valence electrons. The number of carbonyl (C=O) groups is 1. The molecule has 1 heterocycles. The van der Waals surface area contributed by atoms with Crippen molar-refractivity contribution in [2.45, 2.75) is 33.7 Å². The topological polar surface area (TPSA) is 83.3 Å². The minimum Gasteiger partial charge on any atom is -0.357 e. The van der Waals surface area contributed by atoms with Crippen molar-refractivity contribution < 1.29 is 9.18 Å². The number of nitrogens with zero attached hydrogens (tertiary/aromatic N) is 3. The van der Waals surface area contributed by atoms with Crippen LogP contribution >= 0.6 is 24.0 Å². The number of anilines is 1. The fourth-order valence-corrected chi connectivity index (χ4v) is 2.60. The largest absolute Gasteiger partial charge is 0.357 e. The maximum atomic E-state index is 13.1. The maximum Gasteiger partial charge on any atom is 0.246 e. The van der Waals surface area contributed by atoms with Gasteiger partial charge in [-0.1, -0.05) is 6.07 Å². The molecule has 0 aliphatic carbocycles. The Morgan fingerprint density at radius 3 is 2.68 bits per heavy atom. The lowest BCUT2D eigenvalue weighted by atomic mass is 10.3. The zero-order chi connectivity index (χ0) is 19.6. The number of hydrogen-bond acceptors (Lipinski definition) is 3. The summed E-state index contributed by atoms with van der Waals surface area (Å²) in [5, 5.41) is 13.4. The summed E-state index contributed by atoms with van der Waals surface area (Å²) < 4.78 is 15.1. The molecule has 0 bridgehead atoms. The van der Waals surface area contributed by atoms with Crippen molar-refractivity contribution in [1.82, 2.24) is 20.4 Å². The molecule has 0 atom stereocenters. The highest BCUT2D eigenvalue weighted by Gasteiger charge is 2.05. The van der Waals surface area contributed by atoms with Gasteiger partial charge in [-0.3, -0.25) is 9.48 Å². The summed E-state index contributed by atoms with van der Waals surface area (Å²) >= 11 is 0. The molecule has 3 N–H and O–H groups in total. The summed E-state index contributed by atoms with van der Waals surface area (Å²) in [5.41, 5.74) is 2.57. The van der Waals surface area contributed by atoms with Crippen molar-refractivity contribution in [2.24, 2.45) is 4.99 Å². The van der Waals surface area contributed by atoms with Crippen molar-refractivity contribution in [3.8, 4) is 0 Å². The van der Waals surface area contributed by atoms with E-state index < -0.39 is 5.82 Å². The highest BCUT2D eigenvalue weighted by atomic mass is 127. The van der Waals surface area contributed by atoms with Crippen molar-refractivity contribution in [3.05, 3.63) is 47.5 Å². The van der Waals surface area contributed by atoms with E-state index in [1.165, 1.54) is 12.1 Å². The number of halogens is 2. The lowest BCUT2D eigenvalue weighted by Gasteiger charge is -2.12. The quantitative estimate of drug-likeness (QED) is 0.225. The van der Waals surface area contributed by atoms with Crippen LogP contribution in [0, 0.1) is 19.7 Å². The second-order valence-corrected chi connectivity index (χ2v) is 6.18. The molecule has 0 saturated carbocycles. The summed E-state index contributed by atoms with van der Waals surface area (Å²) in [6.07, 6.45) is 0.877. The molecule has 0 aliphatic rings. The van der Waals surface area contributed by atoms with E-state index in [-0.39, 0.29) is 36.4 Å². The Bertz CT molecular complexity index is 792. The zero-order valence-corrected chi connectivity index (χ0v) is 18.8. The molecule has 1 aromatic carbocycles. The first-order valence-corrected chi connectivity index (χ1v) is 9.06. The van der Waals surface area contributed by atoms with Gasteiger partial charge in [0.15, 0.2) is 5.96 Å². The number of hydrogen-bond donors (Lipinski definition) is 3. The van der Waals surface area contributed by atoms with E-state index in [0.717, 1.165) is 24.4 Å². The van der Waals surface area contributed by atoms with E-state index >= 15 is 0 Å². The van der Waals surface area contributed by atoms with Crippen LogP contribution in [0.5, 0.6) is 0 Å². The van der Waals surface area contributed by atoms with Gasteiger partial charge in [0.25, 0.3) is 0 Å². The van der Waals surface area contributed by atoms with E-state index in [1.54, 1.807) is 12.1 Å². The third kappa shape index (κ3) is 8.24. The van der Waals surface area contributed by atoms with E-state index in [9.17, 15) is 9.18 Å². The van der Waals surface area contributed by atoms with Crippen LogP contribution in [0.2, 0.25) is 0 Å². The van der Waals surface area contributed by atoms with Crippen molar-refractivity contribution in [1.29, 1.82) is 0 Å². The SMILES string of the molecule is CCNC(=NCC(=O)Nc1cccc(F)c1)NCCCn1nc(C)cc1C.I. The van der Waals surface area contributed by atoms with Crippen molar-refractivity contribution in [3.63, 3.8) is 0 Å². The number of benzene rings is 1. The van der Waals surface area contributed by atoms with Crippen LogP contribution in [0.3, 0.4) is 0 Å². The molecule has 0 aliphatic heterocycles. The van der Waals surface area contributed by atoms with E-state index in [0.29, 0.717) is 24.7 Å². The molecule has 28 heavy (non-hydrogen) atoms. The minimum atomic E-state index is -0.395. The number of guanidine groups is 1. The number of aryl methyl sites for hydroxylation is 3. The third-order valence-electron chi connectivity index (χ3n) is 3.78. The second-order valence-electron chi connectivity index (χ2n) is 6.18. The van der Waals surface area contributed by atoms with Gasteiger partial charge in [0.05, 0.1) is 5.69 Å². The Balaban J connectivity index is 0.00000392. The smallest absolute Gasteiger partial charge is 0.246 e. The van der Waals surface area contributed by atoms with Gasteiger partial charge in [0, 0.05) is 31.0 Å². The highest BCUT2D eigenvalue weighted by Crippen LogP contribution is 2.08. The molecular weight excluding hydrogens is 474 g/mol. The van der Waals surface area contributed by atoms with Gasteiger partial charge < -0.3 is 16.0 Å². The Morgan fingerprint density at radius 1 is 1.25 bits per heavy atom. The molecule has 2 rings (SSSR count). The second kappa shape index (κ2) is 12.3. The minimum absolute atomic E-state index is 0. The standard InChI is InChI=1S/C19H27FN6O.HI/c1-4-21-19(22-9-6-10-26-15(3)11-14(2)25-26)23-13-18(27)24-17-8-5-7-16(20)12-17;/h5,7-8,11-12H,4,6,9-10,13H2,1-3H3,(H,24,27)(H2,21,22,23);1H. The van der Waals surface area contributed by atoms with Gasteiger partial charge in [-0.05, 0) is 51.5 Å². The van der Waals surface area contributed by atoms with E-state index in [4.69, 9.17) is 0 Å². The van der Waals surface area contributed by atoms with Crippen LogP contribution in [0.1, 0.15) is 24.7 Å². The summed E-state index contributed by atoms with van der Waals surface area (Å²) in [5.74, 6) is -0.130. The van der Waals surface area contributed by atoms with E-state index in [1.807, 2.05) is 25.5 Å². The predicted octanol–water partition coefficient (Wildman–Crippen LogP) is 2.84. The summed E-state index contributed by atoms with van der Waals surface area (Å²) in [4.78, 5) is 16.2. The van der Waals surface area contributed by atoms with Crippen LogP contribution in [0.4, 0.5) is 10.1 Å². The molecule has 0 fully saturated rings. The van der Waals surface area contributed by atoms with Crippen LogP contribution in [0.25, 0.3) is 0 Å². The molecule has 0 saturated heterocycles. The number of aliphatic imine (C=N–C) groups is 1. The van der Waals surface area contributed by atoms with E-state index in [2.05, 4.69) is 32.1 Å². The first-order valence-electron chi connectivity index (χ1n) is 9.06. The van der Waals surface area contributed by atoms with Crippen LogP contribution in [-0.4, -0.2) is 41.3 Å². The number of amides is 1. The summed E-state index contributed by atoms with van der Waals surface area (Å²) in [6, 6.07) is 7.82. The molecule has 7 nitrogen and oxygen atoms in total. The number of carbonyl (C=O) groups excluding carboxylic acids is 1. The highest BCUT2D eigenvalue weighted by molar-refractivity contribution is 14.0. The van der Waals surface area contributed by atoms with Gasteiger partial charge in [0.1, 0.15) is 12.4 Å². The molecule has 0 spiro atoms. The van der Waals surface area contributed by atoms with Crippen molar-refractivity contribution in [2.75, 3.05) is 25.0 Å². The fourth-order valence-electron chi connectivity index (χ4n) is 2.60. The predicted molar refractivity (Wildman–Crippen MR) is 121 cm³/mol. The average molecular weight is 502 g/mol. The van der Waals surface area contributed by atoms with Crippen LogP contribution in [0.15, 0.2) is 35.3 Å². The molecule has 9 heteroatoms. The molecular formula is C19H28FIN6O. The first kappa shape index (κ1) is 23.9. The summed E-state index contributed by atoms with van der Waals surface area (Å²) in [7, 11) is 0. The van der Waals surface area contributed by atoms with Gasteiger partial charge in [0.2, 0.25) is 5.91 Å². The molecule has 1 aromatic heterocycles. The Kier molecular flexibility index (Phi) is 10.5. The number of aromatic nitrogens is 2. The van der Waals surface area contributed by atoms with Gasteiger partial charge in [-0.15, -0.1) is 24.0 Å². The number of nitrogens with one attached hydrogen (secondary N) is 3. The lowest BCUT2D eigenvalue weighted by molar-refractivity contribution is -0.114. The van der Waals surface area contributed by atoms with Gasteiger partial charge in [-0.25, -0.2) is 9.38 Å². The monoisotopic (exact) mass is 502 g/mol. The van der Waals surface area contributed by atoms with Gasteiger partial charge >= 0.3 is 0 Å². The normalized spacial score (nSPS) is 10.9. The maximum absolute atomic E-state index is 13.1. The van der Waals surface area contributed by atoms with Crippen LogP contribution in [-0.2, 0) is 11.3 Å². The summed E-state index contributed by atoms with van der Waals surface area (Å²) in [6.45, 7) is 8.13. The Morgan fingerprint density at radius 2 is 2.04 bits per heavy atom.